The number of hydrogen-bond acceptors (Lipinski definition) is 6. The number of para-hydroxylation sites is 2. The maximum absolute atomic E-state index is 13.4. The number of oxazole rings is 1. The average Bonchev–Trinajstić information content (AvgIpc) is 3.56. The molecule has 49 heavy (non-hydrogen) atoms. The molecule has 0 bridgehead atoms. The van der Waals surface area contributed by atoms with Crippen molar-refractivity contribution >= 4 is 58.0 Å². The molecule has 1 aromatic heterocycles. The van der Waals surface area contributed by atoms with Crippen molar-refractivity contribution in [3.63, 3.8) is 0 Å². The van der Waals surface area contributed by atoms with Crippen molar-refractivity contribution in [3.05, 3.63) is 150 Å². The number of thioether (sulfide) groups is 1. The smallest absolute Gasteiger partial charge is 0.272 e. The van der Waals surface area contributed by atoms with Gasteiger partial charge in [0.05, 0.1) is 5.75 Å². The molecule has 0 spiro atoms. The van der Waals surface area contributed by atoms with Gasteiger partial charge in [-0.25, -0.2) is 4.98 Å². The number of benzene rings is 5. The van der Waals surface area contributed by atoms with Gasteiger partial charge in [0.2, 0.25) is 11.8 Å². The highest BCUT2D eigenvalue weighted by Crippen LogP contribution is 2.26. The summed E-state index contributed by atoms with van der Waals surface area (Å²) in [5, 5.41) is 8.56. The van der Waals surface area contributed by atoms with Crippen LogP contribution in [0.5, 0.6) is 0 Å². The molecule has 0 atom stereocenters. The summed E-state index contributed by atoms with van der Waals surface area (Å²) in [7, 11) is 0. The summed E-state index contributed by atoms with van der Waals surface area (Å²) in [6.45, 7) is 4.23. The Morgan fingerprint density at radius 2 is 1.41 bits per heavy atom. The molecule has 0 saturated carbocycles. The lowest BCUT2D eigenvalue weighted by atomic mass is 10.0. The van der Waals surface area contributed by atoms with E-state index < -0.39 is 5.91 Å². The summed E-state index contributed by atoms with van der Waals surface area (Å²) in [6, 6.07) is 38.7. The van der Waals surface area contributed by atoms with Crippen molar-refractivity contribution in [2.24, 2.45) is 0 Å². The Morgan fingerprint density at radius 1 is 0.755 bits per heavy atom. The Balaban J connectivity index is 1.05. The molecule has 8 nitrogen and oxygen atoms in total. The third-order valence-electron chi connectivity index (χ3n) is 7.63. The molecule has 0 aliphatic rings. The van der Waals surface area contributed by atoms with Crippen LogP contribution in [-0.4, -0.2) is 28.5 Å². The zero-order valence-electron chi connectivity index (χ0n) is 27.0. The standard InChI is InChI=1S/C40H34N4O4S/c1-26(2)28-14-12-27(13-15-28)24-35(43-38(46)29-8-4-3-5-9-29)39(47)42-32-20-22-33(23-21-32)49-25-37(45)41-31-18-16-30(17-19-31)40-44-34-10-6-7-11-36(34)48-40/h3-24,26H,25H2,1-2H3,(H,41,45)(H,42,47)(H,43,46)/b35-24-. The van der Waals surface area contributed by atoms with Gasteiger partial charge in [0, 0.05) is 27.4 Å². The second-order valence-electron chi connectivity index (χ2n) is 11.6. The number of aromatic nitrogens is 1. The fourth-order valence-corrected chi connectivity index (χ4v) is 5.66. The summed E-state index contributed by atoms with van der Waals surface area (Å²) in [4.78, 5) is 44.4. The molecule has 9 heteroatoms. The third-order valence-corrected chi connectivity index (χ3v) is 8.65. The summed E-state index contributed by atoms with van der Waals surface area (Å²) < 4.78 is 5.83. The van der Waals surface area contributed by atoms with Crippen molar-refractivity contribution < 1.29 is 18.8 Å². The Labute approximate surface area is 288 Å². The van der Waals surface area contributed by atoms with Gasteiger partial charge in [-0.05, 0) is 95.9 Å². The average molecular weight is 667 g/mol. The predicted octanol–water partition coefficient (Wildman–Crippen LogP) is 8.76. The highest BCUT2D eigenvalue weighted by Gasteiger charge is 2.16. The second-order valence-corrected chi connectivity index (χ2v) is 12.6. The van der Waals surface area contributed by atoms with E-state index in [0.717, 1.165) is 27.1 Å². The number of nitrogens with one attached hydrogen (secondary N) is 3. The van der Waals surface area contributed by atoms with Crippen LogP contribution in [0, 0.1) is 0 Å². The Bertz CT molecular complexity index is 2070. The summed E-state index contributed by atoms with van der Waals surface area (Å²) in [5.41, 5.74) is 6.07. The van der Waals surface area contributed by atoms with E-state index in [4.69, 9.17) is 4.42 Å². The molecule has 3 N–H and O–H groups in total. The van der Waals surface area contributed by atoms with Gasteiger partial charge in [0.1, 0.15) is 11.2 Å². The minimum Gasteiger partial charge on any atom is -0.436 e. The van der Waals surface area contributed by atoms with Gasteiger partial charge in [0.25, 0.3) is 11.8 Å². The van der Waals surface area contributed by atoms with Crippen LogP contribution in [0.1, 0.15) is 41.3 Å². The van der Waals surface area contributed by atoms with Crippen molar-refractivity contribution in [3.8, 4) is 11.5 Å². The van der Waals surface area contributed by atoms with Crippen LogP contribution in [0.4, 0.5) is 11.4 Å². The molecule has 0 saturated heterocycles. The number of amides is 3. The molecule has 6 aromatic rings. The molecule has 0 aliphatic carbocycles. The maximum atomic E-state index is 13.4. The van der Waals surface area contributed by atoms with Crippen molar-refractivity contribution in [2.75, 3.05) is 16.4 Å². The fourth-order valence-electron chi connectivity index (χ4n) is 4.96. The number of nitrogens with zero attached hydrogens (tertiary/aromatic N) is 1. The monoisotopic (exact) mass is 666 g/mol. The molecule has 6 rings (SSSR count). The van der Waals surface area contributed by atoms with Crippen LogP contribution < -0.4 is 16.0 Å². The Hall–Kier alpha value is -5.93. The highest BCUT2D eigenvalue weighted by atomic mass is 32.2. The van der Waals surface area contributed by atoms with E-state index in [9.17, 15) is 14.4 Å². The first kappa shape index (κ1) is 33.0. The van der Waals surface area contributed by atoms with Crippen molar-refractivity contribution in [1.29, 1.82) is 0 Å². The van der Waals surface area contributed by atoms with E-state index in [0.29, 0.717) is 28.7 Å². The normalized spacial score (nSPS) is 11.4. The quantitative estimate of drug-likeness (QED) is 0.0942. The summed E-state index contributed by atoms with van der Waals surface area (Å²) >= 11 is 1.38. The Morgan fingerprint density at radius 3 is 2.10 bits per heavy atom. The van der Waals surface area contributed by atoms with Crippen LogP contribution in [-0.2, 0) is 9.59 Å². The van der Waals surface area contributed by atoms with E-state index in [1.807, 2.05) is 91.0 Å². The molecule has 0 radical (unpaired) electrons. The summed E-state index contributed by atoms with van der Waals surface area (Å²) in [6.07, 6.45) is 1.66. The lowest BCUT2D eigenvalue weighted by molar-refractivity contribution is -0.114. The van der Waals surface area contributed by atoms with Gasteiger partial charge < -0.3 is 20.4 Å². The molecule has 1 heterocycles. The van der Waals surface area contributed by atoms with E-state index in [-0.39, 0.29) is 23.3 Å². The van der Waals surface area contributed by atoms with Gasteiger partial charge in [-0.3, -0.25) is 14.4 Å². The lowest BCUT2D eigenvalue weighted by Gasteiger charge is -2.12. The minimum atomic E-state index is -0.459. The van der Waals surface area contributed by atoms with Crippen molar-refractivity contribution in [1.82, 2.24) is 10.3 Å². The SMILES string of the molecule is CC(C)c1ccc(/C=C(\NC(=O)c2ccccc2)C(=O)Nc2ccc(SCC(=O)Nc3ccc(-c4nc5ccccc5o4)cc3)cc2)cc1. The topological polar surface area (TPSA) is 113 Å². The highest BCUT2D eigenvalue weighted by molar-refractivity contribution is 8.00. The molecule has 5 aromatic carbocycles. The van der Waals surface area contributed by atoms with E-state index in [1.54, 1.807) is 42.5 Å². The third kappa shape index (κ3) is 8.71. The largest absolute Gasteiger partial charge is 0.436 e. The van der Waals surface area contributed by atoms with E-state index in [1.165, 1.54) is 17.3 Å². The maximum Gasteiger partial charge on any atom is 0.272 e. The minimum absolute atomic E-state index is 0.114. The first-order valence-electron chi connectivity index (χ1n) is 15.8. The van der Waals surface area contributed by atoms with Crippen molar-refractivity contribution in [2.45, 2.75) is 24.7 Å². The van der Waals surface area contributed by atoms with E-state index in [2.05, 4.69) is 34.8 Å². The number of rotatable bonds is 11. The van der Waals surface area contributed by atoms with Crippen LogP contribution in [0.25, 0.3) is 28.6 Å². The van der Waals surface area contributed by atoms with Gasteiger partial charge in [-0.1, -0.05) is 68.4 Å². The number of carbonyl (C=O) groups is 3. The van der Waals surface area contributed by atoms with Crippen LogP contribution >= 0.6 is 11.8 Å². The molecule has 3 amide bonds. The fraction of sp³-hybridized carbons (Fsp3) is 0.100. The van der Waals surface area contributed by atoms with Gasteiger partial charge in [-0.15, -0.1) is 11.8 Å². The second kappa shape index (κ2) is 15.3. The molecule has 0 aliphatic heterocycles. The van der Waals surface area contributed by atoms with Crippen LogP contribution in [0.3, 0.4) is 0 Å². The Kier molecular flexibility index (Phi) is 10.3. The zero-order chi connectivity index (χ0) is 34.2. The van der Waals surface area contributed by atoms with E-state index >= 15 is 0 Å². The summed E-state index contributed by atoms with van der Waals surface area (Å²) in [5.74, 6) is 0.105. The number of anilines is 2. The molecule has 244 valence electrons. The number of hydrogen-bond donors (Lipinski definition) is 3. The zero-order valence-corrected chi connectivity index (χ0v) is 27.8. The van der Waals surface area contributed by atoms with Crippen LogP contribution in [0.2, 0.25) is 0 Å². The van der Waals surface area contributed by atoms with Gasteiger partial charge >= 0.3 is 0 Å². The number of carbonyl (C=O) groups excluding carboxylic acids is 3. The van der Waals surface area contributed by atoms with Crippen LogP contribution in [0.15, 0.2) is 142 Å². The lowest BCUT2D eigenvalue weighted by Crippen LogP contribution is -2.30. The first-order valence-corrected chi connectivity index (χ1v) is 16.8. The molecular weight excluding hydrogens is 633 g/mol. The molecule has 0 unspecified atom stereocenters. The predicted molar refractivity (Wildman–Crippen MR) is 196 cm³/mol. The molecular formula is C40H34N4O4S. The first-order chi connectivity index (χ1) is 23.8. The van der Waals surface area contributed by atoms with Gasteiger partial charge in [0.15, 0.2) is 5.58 Å². The number of fused-ring (bicyclic) bond motifs is 1. The molecule has 0 fully saturated rings. The van der Waals surface area contributed by atoms with Gasteiger partial charge in [-0.2, -0.15) is 0 Å².